The van der Waals surface area contributed by atoms with Gasteiger partial charge in [-0.2, -0.15) is 0 Å². The molecule has 0 aliphatic carbocycles. The molecular weight excluding hydrogens is 256 g/mol. The van der Waals surface area contributed by atoms with Crippen LogP contribution >= 0.6 is 0 Å². The molecule has 20 heavy (non-hydrogen) atoms. The summed E-state index contributed by atoms with van der Waals surface area (Å²) in [6.07, 6.45) is 3.03. The fraction of sp³-hybridized carbons (Fsp3) is 0.857. The van der Waals surface area contributed by atoms with Crippen molar-refractivity contribution in [2.75, 3.05) is 24.6 Å². The van der Waals surface area contributed by atoms with E-state index in [1.807, 2.05) is 11.8 Å². The van der Waals surface area contributed by atoms with Gasteiger partial charge < -0.3 is 19.7 Å². The van der Waals surface area contributed by atoms with Gasteiger partial charge in [0.1, 0.15) is 0 Å². The lowest BCUT2D eigenvalue weighted by Crippen LogP contribution is -2.37. The molecule has 0 radical (unpaired) electrons. The van der Waals surface area contributed by atoms with Gasteiger partial charge in [0.15, 0.2) is 0 Å². The van der Waals surface area contributed by atoms with E-state index in [1.54, 1.807) is 0 Å². The lowest BCUT2D eigenvalue weighted by molar-refractivity contribution is 0.290. The highest BCUT2D eigenvalue weighted by Crippen LogP contribution is 2.21. The molecule has 0 aliphatic heterocycles. The van der Waals surface area contributed by atoms with Crippen LogP contribution in [0.25, 0.3) is 0 Å². The Hall–Kier alpha value is -1.14. The Morgan fingerprint density at radius 1 is 1.25 bits per heavy atom. The normalized spacial score (nSPS) is 12.9. The van der Waals surface area contributed by atoms with E-state index in [-0.39, 0.29) is 12.6 Å². The summed E-state index contributed by atoms with van der Waals surface area (Å²) in [5, 5.41) is 20.8. The molecule has 2 N–H and O–H groups in total. The fourth-order valence-corrected chi connectivity index (χ4v) is 2.24. The summed E-state index contributed by atoms with van der Waals surface area (Å²) in [6.45, 7) is 9.91. The van der Waals surface area contributed by atoms with Crippen LogP contribution in [0.1, 0.15) is 58.9 Å². The first kappa shape index (κ1) is 16.9. The smallest absolute Gasteiger partial charge is 0.318 e. The lowest BCUT2D eigenvalue weighted by Gasteiger charge is -2.27. The van der Waals surface area contributed by atoms with Gasteiger partial charge in [-0.15, -0.1) is 5.10 Å². The van der Waals surface area contributed by atoms with Crippen LogP contribution in [0.4, 0.5) is 6.01 Å². The Morgan fingerprint density at radius 2 is 1.95 bits per heavy atom. The number of nitrogens with zero attached hydrogens (tertiary/aromatic N) is 3. The standard InChI is InChI=1S/C14H28N4O2/c1-5-8-15-11(4)13-16-17-14(20-13)18(9-10-19)12(6-2)7-3/h11-12,15,19H,5-10H2,1-4H3. The van der Waals surface area contributed by atoms with Crippen molar-refractivity contribution in [3.05, 3.63) is 5.89 Å². The highest BCUT2D eigenvalue weighted by Gasteiger charge is 2.22. The highest BCUT2D eigenvalue weighted by atomic mass is 16.4. The molecule has 1 heterocycles. The average Bonchev–Trinajstić information content (AvgIpc) is 2.94. The Morgan fingerprint density at radius 3 is 2.50 bits per heavy atom. The molecule has 0 bridgehead atoms. The number of rotatable bonds is 10. The summed E-state index contributed by atoms with van der Waals surface area (Å²) in [6, 6.07) is 0.871. The van der Waals surface area contributed by atoms with Crippen LogP contribution < -0.4 is 10.2 Å². The van der Waals surface area contributed by atoms with Gasteiger partial charge in [-0.1, -0.05) is 25.9 Å². The maximum atomic E-state index is 9.23. The molecule has 6 heteroatoms. The zero-order chi connectivity index (χ0) is 15.0. The molecule has 0 saturated heterocycles. The zero-order valence-electron chi connectivity index (χ0n) is 13.1. The van der Waals surface area contributed by atoms with Crippen molar-refractivity contribution in [3.63, 3.8) is 0 Å². The van der Waals surface area contributed by atoms with Gasteiger partial charge in [0.2, 0.25) is 5.89 Å². The monoisotopic (exact) mass is 284 g/mol. The van der Waals surface area contributed by atoms with Gasteiger partial charge in [-0.05, 0) is 32.7 Å². The molecule has 116 valence electrons. The quantitative estimate of drug-likeness (QED) is 0.685. The lowest BCUT2D eigenvalue weighted by atomic mass is 10.1. The summed E-state index contributed by atoms with van der Waals surface area (Å²) in [4.78, 5) is 2.00. The SMILES string of the molecule is CCCNC(C)c1nnc(N(CCO)C(CC)CC)o1. The van der Waals surface area contributed by atoms with Crippen LogP contribution in [0, 0.1) is 0 Å². The predicted octanol–water partition coefficient (Wildman–Crippen LogP) is 2.12. The molecule has 1 unspecified atom stereocenters. The van der Waals surface area contributed by atoms with E-state index in [9.17, 15) is 5.11 Å². The molecule has 0 spiro atoms. The van der Waals surface area contributed by atoms with Crippen molar-refractivity contribution in [2.24, 2.45) is 0 Å². The predicted molar refractivity (Wildman–Crippen MR) is 79.8 cm³/mol. The molecule has 1 atom stereocenters. The summed E-state index contributed by atoms with van der Waals surface area (Å²) < 4.78 is 5.77. The van der Waals surface area contributed by atoms with Crippen LogP contribution in [0.15, 0.2) is 4.42 Å². The van der Waals surface area contributed by atoms with E-state index in [0.29, 0.717) is 24.5 Å². The highest BCUT2D eigenvalue weighted by molar-refractivity contribution is 5.26. The third-order valence-corrected chi connectivity index (χ3v) is 3.47. The van der Waals surface area contributed by atoms with Gasteiger partial charge in [0.25, 0.3) is 0 Å². The first-order valence-corrected chi connectivity index (χ1v) is 7.62. The molecule has 0 fully saturated rings. The Kier molecular flexibility index (Phi) is 7.54. The Balaban J connectivity index is 2.80. The number of anilines is 1. The van der Waals surface area contributed by atoms with Gasteiger partial charge in [-0.25, -0.2) is 0 Å². The van der Waals surface area contributed by atoms with Crippen LogP contribution in [0.5, 0.6) is 0 Å². The van der Waals surface area contributed by atoms with Gasteiger partial charge >= 0.3 is 6.01 Å². The van der Waals surface area contributed by atoms with E-state index in [2.05, 4.69) is 36.3 Å². The number of aliphatic hydroxyl groups excluding tert-OH is 1. The third kappa shape index (κ3) is 4.45. The second-order valence-electron chi connectivity index (χ2n) is 4.99. The van der Waals surface area contributed by atoms with Crippen LogP contribution in [-0.2, 0) is 0 Å². The Bertz CT molecular complexity index is 366. The minimum Gasteiger partial charge on any atom is -0.406 e. The van der Waals surface area contributed by atoms with Crippen LogP contribution in [0.2, 0.25) is 0 Å². The van der Waals surface area contributed by atoms with E-state index >= 15 is 0 Å². The molecular formula is C14H28N4O2. The topological polar surface area (TPSA) is 74.4 Å². The largest absolute Gasteiger partial charge is 0.406 e. The van der Waals surface area contributed by atoms with Crippen LogP contribution in [-0.4, -0.2) is 41.0 Å². The van der Waals surface area contributed by atoms with Crippen LogP contribution in [0.3, 0.4) is 0 Å². The Labute approximate surface area is 121 Å². The van der Waals surface area contributed by atoms with E-state index < -0.39 is 0 Å². The second-order valence-corrected chi connectivity index (χ2v) is 4.99. The van der Waals surface area contributed by atoms with E-state index in [1.165, 1.54) is 0 Å². The van der Waals surface area contributed by atoms with Crippen molar-refractivity contribution in [1.82, 2.24) is 15.5 Å². The summed E-state index contributed by atoms with van der Waals surface area (Å²) in [5.74, 6) is 0.599. The molecule has 6 nitrogen and oxygen atoms in total. The number of aliphatic hydroxyl groups is 1. The van der Waals surface area contributed by atoms with Gasteiger partial charge in [0, 0.05) is 12.6 Å². The van der Waals surface area contributed by atoms with Gasteiger partial charge in [0.05, 0.1) is 12.6 Å². The minimum atomic E-state index is 0.0499. The first-order valence-electron chi connectivity index (χ1n) is 7.62. The first-order chi connectivity index (χ1) is 9.67. The molecule has 1 aromatic heterocycles. The summed E-state index contributed by atoms with van der Waals surface area (Å²) in [7, 11) is 0. The molecule has 0 aromatic carbocycles. The fourth-order valence-electron chi connectivity index (χ4n) is 2.24. The maximum Gasteiger partial charge on any atom is 0.318 e. The molecule has 1 aromatic rings. The second kappa shape index (κ2) is 8.92. The minimum absolute atomic E-state index is 0.0499. The molecule has 0 aliphatic rings. The number of hydrogen-bond acceptors (Lipinski definition) is 6. The van der Waals surface area contributed by atoms with Crippen molar-refractivity contribution in [3.8, 4) is 0 Å². The number of hydrogen-bond donors (Lipinski definition) is 2. The third-order valence-electron chi connectivity index (χ3n) is 3.47. The van der Waals surface area contributed by atoms with E-state index in [4.69, 9.17) is 4.42 Å². The average molecular weight is 284 g/mol. The van der Waals surface area contributed by atoms with Crippen molar-refractivity contribution >= 4 is 6.01 Å². The molecule has 0 saturated carbocycles. The van der Waals surface area contributed by atoms with Crippen molar-refractivity contribution < 1.29 is 9.52 Å². The van der Waals surface area contributed by atoms with E-state index in [0.717, 1.165) is 25.8 Å². The number of nitrogens with one attached hydrogen (secondary N) is 1. The summed E-state index contributed by atoms with van der Waals surface area (Å²) >= 11 is 0. The van der Waals surface area contributed by atoms with Crippen molar-refractivity contribution in [2.45, 2.75) is 59.0 Å². The zero-order valence-corrected chi connectivity index (χ0v) is 13.1. The van der Waals surface area contributed by atoms with Gasteiger partial charge in [-0.3, -0.25) is 0 Å². The maximum absolute atomic E-state index is 9.23. The number of aromatic nitrogens is 2. The van der Waals surface area contributed by atoms with Crippen molar-refractivity contribution in [1.29, 1.82) is 0 Å². The molecule has 0 amide bonds. The summed E-state index contributed by atoms with van der Waals surface area (Å²) in [5.41, 5.74) is 0. The molecule has 1 rings (SSSR count).